The van der Waals surface area contributed by atoms with Gasteiger partial charge in [-0.2, -0.15) is 4.39 Å². The molecule has 1 aromatic heterocycles. The van der Waals surface area contributed by atoms with Crippen molar-refractivity contribution in [1.82, 2.24) is 9.88 Å². The topological polar surface area (TPSA) is 37.4 Å². The number of nitrogens with one attached hydrogen (secondary N) is 1. The van der Waals surface area contributed by atoms with Gasteiger partial charge in [0.25, 0.3) is 0 Å². The van der Waals surface area contributed by atoms with Crippen molar-refractivity contribution in [3.8, 4) is 5.75 Å². The van der Waals surface area contributed by atoms with Crippen LogP contribution in [0.5, 0.6) is 5.75 Å². The zero-order valence-corrected chi connectivity index (χ0v) is 18.3. The lowest BCUT2D eigenvalue weighted by atomic mass is 10.1. The van der Waals surface area contributed by atoms with Gasteiger partial charge < -0.3 is 9.46 Å². The van der Waals surface area contributed by atoms with E-state index in [1.165, 1.54) is 29.8 Å². The smallest absolute Gasteiger partial charge is 0.214 e. The first kappa shape index (κ1) is 21.9. The minimum Gasteiger partial charge on any atom is -0.489 e. The summed E-state index contributed by atoms with van der Waals surface area (Å²) in [5.74, 6) is -0.436. The van der Waals surface area contributed by atoms with Gasteiger partial charge in [-0.25, -0.2) is 9.37 Å². The summed E-state index contributed by atoms with van der Waals surface area (Å²) in [5, 5.41) is 0.338. The number of benzene rings is 2. The third-order valence-electron chi connectivity index (χ3n) is 5.04. The van der Waals surface area contributed by atoms with Crippen molar-refractivity contribution < 1.29 is 13.5 Å². The maximum atomic E-state index is 14.6. The van der Waals surface area contributed by atoms with Crippen LogP contribution in [0.3, 0.4) is 0 Å². The van der Waals surface area contributed by atoms with Crippen LogP contribution >= 0.6 is 23.5 Å². The Labute approximate surface area is 189 Å². The second-order valence-electron chi connectivity index (χ2n) is 7.34. The zero-order valence-electron chi connectivity index (χ0n) is 16.7. The van der Waals surface area contributed by atoms with Gasteiger partial charge in [0.2, 0.25) is 5.95 Å². The highest BCUT2D eigenvalue weighted by molar-refractivity contribution is 8.00. The highest BCUT2D eigenvalue weighted by Crippen LogP contribution is 2.34. The van der Waals surface area contributed by atoms with Crippen LogP contribution in [0.15, 0.2) is 65.6 Å². The molecule has 1 aliphatic heterocycles. The highest BCUT2D eigenvalue weighted by Gasteiger charge is 2.22. The van der Waals surface area contributed by atoms with Gasteiger partial charge in [0.1, 0.15) is 23.5 Å². The number of rotatable bonds is 7. The van der Waals surface area contributed by atoms with E-state index in [1.807, 2.05) is 18.2 Å². The second kappa shape index (κ2) is 10.3. The van der Waals surface area contributed by atoms with Gasteiger partial charge in [0.15, 0.2) is 0 Å². The second-order valence-corrected chi connectivity index (χ2v) is 8.60. The lowest BCUT2D eigenvalue weighted by Crippen LogP contribution is -2.37. The summed E-state index contributed by atoms with van der Waals surface area (Å²) in [6, 6.07) is 17.6. The average Bonchev–Trinajstić information content (AvgIpc) is 2.77. The Morgan fingerprint density at radius 3 is 2.58 bits per heavy atom. The molecule has 0 amide bonds. The minimum absolute atomic E-state index is 0.00274. The predicted molar refractivity (Wildman–Crippen MR) is 120 cm³/mol. The van der Waals surface area contributed by atoms with Crippen molar-refractivity contribution in [3.05, 3.63) is 83.0 Å². The molecule has 0 aliphatic carbocycles. The molecular weight excluding hydrogens is 440 g/mol. The first-order chi connectivity index (χ1) is 15.1. The SMILES string of the molecule is Fc1cccc(NSc2cc(Cl)c(OC3CCN(Cc4ccccc4)CC3)cc2F)n1. The molecule has 0 atom stereocenters. The van der Waals surface area contributed by atoms with Gasteiger partial charge in [-0.15, -0.1) is 0 Å². The van der Waals surface area contributed by atoms with Crippen LogP contribution in [0.2, 0.25) is 5.02 Å². The van der Waals surface area contributed by atoms with Crippen molar-refractivity contribution in [2.24, 2.45) is 0 Å². The lowest BCUT2D eigenvalue weighted by Gasteiger charge is -2.32. The van der Waals surface area contributed by atoms with Gasteiger partial charge in [0, 0.05) is 25.7 Å². The molecule has 0 unspecified atom stereocenters. The van der Waals surface area contributed by atoms with Gasteiger partial charge in [-0.1, -0.05) is 48.0 Å². The van der Waals surface area contributed by atoms with Crippen LogP contribution < -0.4 is 9.46 Å². The van der Waals surface area contributed by atoms with Crippen molar-refractivity contribution in [2.45, 2.75) is 30.4 Å². The Morgan fingerprint density at radius 2 is 1.84 bits per heavy atom. The number of halogens is 3. The summed E-state index contributed by atoms with van der Waals surface area (Å²) in [4.78, 5) is 6.36. The molecule has 4 rings (SSSR count). The number of hydrogen-bond donors (Lipinski definition) is 1. The van der Waals surface area contributed by atoms with Gasteiger partial charge >= 0.3 is 0 Å². The monoisotopic (exact) mass is 461 g/mol. The highest BCUT2D eigenvalue weighted by atomic mass is 35.5. The number of anilines is 1. The van der Waals surface area contributed by atoms with E-state index < -0.39 is 11.8 Å². The molecule has 1 fully saturated rings. The molecule has 4 nitrogen and oxygen atoms in total. The Bertz CT molecular complexity index is 1020. The van der Waals surface area contributed by atoms with Gasteiger partial charge in [0.05, 0.1) is 9.92 Å². The number of hydrogen-bond acceptors (Lipinski definition) is 5. The molecular formula is C23H22ClF2N3OS. The van der Waals surface area contributed by atoms with Crippen molar-refractivity contribution in [1.29, 1.82) is 0 Å². The fourth-order valence-corrected chi connectivity index (χ4v) is 4.39. The quantitative estimate of drug-likeness (QED) is 0.336. The lowest BCUT2D eigenvalue weighted by molar-refractivity contribution is 0.0965. The number of likely N-dealkylation sites (tertiary alicyclic amines) is 1. The third-order valence-corrected chi connectivity index (χ3v) is 6.18. The fraction of sp³-hybridized carbons (Fsp3) is 0.261. The Morgan fingerprint density at radius 1 is 1.06 bits per heavy atom. The Balaban J connectivity index is 1.31. The number of aromatic nitrogens is 1. The van der Waals surface area contributed by atoms with Crippen LogP contribution in [-0.4, -0.2) is 29.1 Å². The third kappa shape index (κ3) is 6.09. The van der Waals surface area contributed by atoms with Crippen LogP contribution in [0.25, 0.3) is 0 Å². The number of ether oxygens (including phenoxy) is 1. The molecule has 0 bridgehead atoms. The van der Waals surface area contributed by atoms with E-state index in [0.29, 0.717) is 16.6 Å². The van der Waals surface area contributed by atoms with E-state index in [0.717, 1.165) is 44.4 Å². The van der Waals surface area contributed by atoms with Crippen LogP contribution in [0.1, 0.15) is 18.4 Å². The van der Waals surface area contributed by atoms with Gasteiger partial charge in [-0.05, 0) is 48.6 Å². The first-order valence-electron chi connectivity index (χ1n) is 10.0. The molecule has 0 saturated carbocycles. The number of pyridine rings is 1. The van der Waals surface area contributed by atoms with E-state index in [-0.39, 0.29) is 11.0 Å². The molecule has 2 aromatic carbocycles. The maximum Gasteiger partial charge on any atom is 0.214 e. The average molecular weight is 462 g/mol. The van der Waals surface area contributed by atoms with Crippen molar-refractivity contribution in [2.75, 3.05) is 17.8 Å². The minimum atomic E-state index is -0.609. The Hall–Kier alpha value is -2.35. The summed E-state index contributed by atoms with van der Waals surface area (Å²) in [6.45, 7) is 2.75. The number of piperidine rings is 1. The molecule has 1 saturated heterocycles. The zero-order chi connectivity index (χ0) is 21.6. The van der Waals surface area contributed by atoms with E-state index >= 15 is 0 Å². The molecule has 1 aliphatic rings. The van der Waals surface area contributed by atoms with Crippen LogP contribution in [-0.2, 0) is 6.54 Å². The summed E-state index contributed by atoms with van der Waals surface area (Å²) in [5.41, 5.74) is 1.29. The molecule has 3 aromatic rings. The summed E-state index contributed by atoms with van der Waals surface area (Å²) >= 11 is 7.32. The fourth-order valence-electron chi connectivity index (χ4n) is 3.46. The molecule has 162 valence electrons. The van der Waals surface area contributed by atoms with E-state index in [4.69, 9.17) is 16.3 Å². The molecule has 1 N–H and O–H groups in total. The Kier molecular flexibility index (Phi) is 7.27. The van der Waals surface area contributed by atoms with Crippen LogP contribution in [0.4, 0.5) is 14.6 Å². The first-order valence-corrected chi connectivity index (χ1v) is 11.2. The van der Waals surface area contributed by atoms with Gasteiger partial charge in [-0.3, -0.25) is 4.90 Å². The van der Waals surface area contributed by atoms with E-state index in [1.54, 1.807) is 6.07 Å². The molecule has 0 spiro atoms. The number of nitrogens with zero attached hydrogens (tertiary/aromatic N) is 2. The molecule has 2 heterocycles. The van der Waals surface area contributed by atoms with E-state index in [2.05, 4.69) is 26.7 Å². The standard InChI is InChI=1S/C23H22ClF2N3OS/c24-18-13-21(31-28-23-8-4-7-22(26)27-23)19(25)14-20(18)30-17-9-11-29(12-10-17)15-16-5-2-1-3-6-16/h1-8,13-14,17H,9-12,15H2,(H,27,28). The molecule has 8 heteroatoms. The summed E-state index contributed by atoms with van der Waals surface area (Å²) in [6.07, 6.45) is 1.71. The van der Waals surface area contributed by atoms with E-state index in [9.17, 15) is 8.78 Å². The molecule has 0 radical (unpaired) electrons. The summed E-state index contributed by atoms with van der Waals surface area (Å²) < 4.78 is 36.6. The largest absolute Gasteiger partial charge is 0.489 e. The maximum absolute atomic E-state index is 14.6. The van der Waals surface area contributed by atoms with Crippen molar-refractivity contribution in [3.63, 3.8) is 0 Å². The predicted octanol–water partition coefficient (Wildman–Crippen LogP) is 6.18. The summed E-state index contributed by atoms with van der Waals surface area (Å²) in [7, 11) is 0. The molecule has 31 heavy (non-hydrogen) atoms. The van der Waals surface area contributed by atoms with Crippen molar-refractivity contribution >= 4 is 29.4 Å². The van der Waals surface area contributed by atoms with Crippen LogP contribution in [0, 0.1) is 11.8 Å². The normalized spacial score (nSPS) is 15.1.